The molecular weight excluding hydrogens is 422 g/mol. The van der Waals surface area contributed by atoms with Crippen molar-refractivity contribution in [2.45, 2.75) is 26.2 Å². The average molecular weight is 452 g/mol. The number of methoxy groups -OCH3 is 3. The van der Waals surface area contributed by atoms with Gasteiger partial charge in [-0.25, -0.2) is 4.79 Å². The number of aryl methyl sites for hydroxylation is 2. The predicted octanol–water partition coefficient (Wildman–Crippen LogP) is 5.05. The summed E-state index contributed by atoms with van der Waals surface area (Å²) < 4.78 is 22.1. The van der Waals surface area contributed by atoms with Crippen molar-refractivity contribution in [1.29, 1.82) is 0 Å². The fourth-order valence-corrected chi connectivity index (χ4v) is 3.54. The van der Waals surface area contributed by atoms with E-state index in [0.29, 0.717) is 53.8 Å². The van der Waals surface area contributed by atoms with Gasteiger partial charge in [0.15, 0.2) is 0 Å². The largest absolute Gasteiger partial charge is 0.497 e. The van der Waals surface area contributed by atoms with Crippen LogP contribution in [0, 0.1) is 0 Å². The minimum atomic E-state index is -1.02. The minimum absolute atomic E-state index is 0.166. The van der Waals surface area contributed by atoms with E-state index in [4.69, 9.17) is 23.9 Å². The summed E-state index contributed by atoms with van der Waals surface area (Å²) >= 11 is 0. The minimum Gasteiger partial charge on any atom is -0.497 e. The Bertz CT molecular complexity index is 1110. The highest BCUT2D eigenvalue weighted by atomic mass is 16.5. The number of ether oxygens (including phenoxy) is 4. The molecule has 0 bridgehead atoms. The first kappa shape index (κ1) is 23.9. The van der Waals surface area contributed by atoms with Gasteiger partial charge in [-0.3, -0.25) is 4.98 Å². The number of carboxylic acids is 1. The van der Waals surface area contributed by atoms with E-state index in [1.54, 1.807) is 33.5 Å². The molecule has 2 aromatic carbocycles. The number of benzene rings is 2. The molecule has 0 amide bonds. The molecule has 1 aromatic heterocycles. The van der Waals surface area contributed by atoms with Crippen molar-refractivity contribution in [3.8, 4) is 34.3 Å². The SMILES string of the molecule is CCCOc1ccc(OC)cc1-c1ccc(C(=O)O)c(CCc2cc(OC)ccc2OC)n1. The first-order valence-electron chi connectivity index (χ1n) is 10.8. The molecule has 174 valence electrons. The maximum atomic E-state index is 11.9. The quantitative estimate of drug-likeness (QED) is 0.437. The number of aromatic carboxylic acids is 1. The van der Waals surface area contributed by atoms with Crippen molar-refractivity contribution in [1.82, 2.24) is 4.98 Å². The third-order valence-electron chi connectivity index (χ3n) is 5.25. The molecule has 3 rings (SSSR count). The molecule has 1 heterocycles. The van der Waals surface area contributed by atoms with E-state index >= 15 is 0 Å². The van der Waals surface area contributed by atoms with Crippen molar-refractivity contribution in [2.75, 3.05) is 27.9 Å². The van der Waals surface area contributed by atoms with E-state index in [1.165, 1.54) is 0 Å². The van der Waals surface area contributed by atoms with Gasteiger partial charge >= 0.3 is 5.97 Å². The van der Waals surface area contributed by atoms with E-state index in [9.17, 15) is 9.90 Å². The average Bonchev–Trinajstić information content (AvgIpc) is 2.85. The number of hydrogen-bond acceptors (Lipinski definition) is 6. The van der Waals surface area contributed by atoms with Crippen molar-refractivity contribution in [3.05, 3.63) is 65.4 Å². The van der Waals surface area contributed by atoms with Gasteiger partial charge in [0, 0.05) is 5.56 Å². The number of nitrogens with zero attached hydrogens (tertiary/aromatic N) is 1. The lowest BCUT2D eigenvalue weighted by molar-refractivity contribution is 0.0695. The van der Waals surface area contributed by atoms with Gasteiger partial charge in [-0.2, -0.15) is 0 Å². The Balaban J connectivity index is 2.00. The van der Waals surface area contributed by atoms with Gasteiger partial charge < -0.3 is 24.1 Å². The summed E-state index contributed by atoms with van der Waals surface area (Å²) in [5, 5.41) is 9.73. The Morgan fingerprint density at radius 1 is 0.879 bits per heavy atom. The second-order valence-electron chi connectivity index (χ2n) is 7.38. The van der Waals surface area contributed by atoms with Gasteiger partial charge in [-0.1, -0.05) is 6.92 Å². The lowest BCUT2D eigenvalue weighted by Crippen LogP contribution is -2.08. The second-order valence-corrected chi connectivity index (χ2v) is 7.38. The summed E-state index contributed by atoms with van der Waals surface area (Å²) in [7, 11) is 4.80. The van der Waals surface area contributed by atoms with Crippen molar-refractivity contribution >= 4 is 5.97 Å². The Morgan fingerprint density at radius 3 is 2.21 bits per heavy atom. The molecule has 3 aromatic rings. The summed E-state index contributed by atoms with van der Waals surface area (Å²) in [6, 6.07) is 14.4. The number of hydrogen-bond donors (Lipinski definition) is 1. The molecule has 0 aliphatic heterocycles. The summed E-state index contributed by atoms with van der Waals surface area (Å²) in [6.45, 7) is 2.60. The van der Waals surface area contributed by atoms with Gasteiger partial charge in [0.2, 0.25) is 0 Å². The third-order valence-corrected chi connectivity index (χ3v) is 5.25. The van der Waals surface area contributed by atoms with Crippen LogP contribution in [0.15, 0.2) is 48.5 Å². The van der Waals surface area contributed by atoms with Crippen LogP contribution in [0.2, 0.25) is 0 Å². The van der Waals surface area contributed by atoms with Gasteiger partial charge in [0.25, 0.3) is 0 Å². The van der Waals surface area contributed by atoms with Gasteiger partial charge in [0.1, 0.15) is 23.0 Å². The first-order chi connectivity index (χ1) is 16.0. The van der Waals surface area contributed by atoms with Gasteiger partial charge in [-0.15, -0.1) is 0 Å². The fraction of sp³-hybridized carbons (Fsp3) is 0.308. The van der Waals surface area contributed by atoms with Crippen LogP contribution in [0.1, 0.15) is 35.0 Å². The Hall–Kier alpha value is -3.74. The predicted molar refractivity (Wildman–Crippen MR) is 126 cm³/mol. The summed E-state index contributed by atoms with van der Waals surface area (Å²) in [4.78, 5) is 16.6. The molecule has 0 fully saturated rings. The second kappa shape index (κ2) is 11.2. The van der Waals surface area contributed by atoms with Crippen LogP contribution in [0.4, 0.5) is 0 Å². The number of aromatic nitrogens is 1. The standard InChI is InChI=1S/C26H29NO6/c1-5-14-33-25-13-8-19(31-3)16-21(25)23-11-9-20(26(28)29)22(27-23)10-6-17-15-18(30-2)7-12-24(17)32-4/h7-9,11-13,15-16H,5-6,10,14H2,1-4H3,(H,28,29). The van der Waals surface area contributed by atoms with Gasteiger partial charge in [0.05, 0.1) is 44.9 Å². The van der Waals surface area contributed by atoms with E-state index in [1.807, 2.05) is 43.3 Å². The molecule has 33 heavy (non-hydrogen) atoms. The lowest BCUT2D eigenvalue weighted by Gasteiger charge is -2.15. The summed E-state index contributed by atoms with van der Waals surface area (Å²) in [5.41, 5.74) is 2.93. The van der Waals surface area contributed by atoms with Crippen molar-refractivity contribution in [3.63, 3.8) is 0 Å². The molecule has 0 saturated heterocycles. The molecule has 1 N–H and O–H groups in total. The van der Waals surface area contributed by atoms with Crippen LogP contribution in [-0.4, -0.2) is 44.0 Å². The molecule has 0 unspecified atom stereocenters. The molecule has 0 radical (unpaired) electrons. The van der Waals surface area contributed by atoms with Crippen molar-refractivity contribution < 1.29 is 28.8 Å². The molecule has 0 atom stereocenters. The van der Waals surface area contributed by atoms with Crippen LogP contribution in [0.25, 0.3) is 11.3 Å². The zero-order chi connectivity index (χ0) is 23.8. The zero-order valence-corrected chi connectivity index (χ0v) is 19.4. The Labute approximate surface area is 193 Å². The molecule has 7 heteroatoms. The van der Waals surface area contributed by atoms with Crippen LogP contribution >= 0.6 is 0 Å². The number of carboxylic acid groups (broad SMARTS) is 1. The van der Waals surface area contributed by atoms with Crippen LogP contribution in [0.3, 0.4) is 0 Å². The zero-order valence-electron chi connectivity index (χ0n) is 19.4. The lowest BCUT2D eigenvalue weighted by atomic mass is 10.0. The molecular formula is C26H29NO6. The van der Waals surface area contributed by atoms with E-state index in [2.05, 4.69) is 0 Å². The topological polar surface area (TPSA) is 87.1 Å². The number of carbonyl (C=O) groups is 1. The van der Waals surface area contributed by atoms with Crippen LogP contribution < -0.4 is 18.9 Å². The Morgan fingerprint density at radius 2 is 1.58 bits per heavy atom. The smallest absolute Gasteiger partial charge is 0.337 e. The third kappa shape index (κ3) is 5.74. The molecule has 0 aliphatic carbocycles. The highest BCUT2D eigenvalue weighted by molar-refractivity contribution is 5.89. The highest BCUT2D eigenvalue weighted by Gasteiger charge is 2.17. The molecule has 0 aliphatic rings. The monoisotopic (exact) mass is 451 g/mol. The van der Waals surface area contributed by atoms with Crippen LogP contribution in [-0.2, 0) is 12.8 Å². The first-order valence-corrected chi connectivity index (χ1v) is 10.8. The van der Waals surface area contributed by atoms with Crippen LogP contribution in [0.5, 0.6) is 23.0 Å². The van der Waals surface area contributed by atoms with E-state index in [0.717, 1.165) is 17.5 Å². The highest BCUT2D eigenvalue weighted by Crippen LogP contribution is 2.34. The maximum absolute atomic E-state index is 11.9. The molecule has 7 nitrogen and oxygen atoms in total. The summed E-state index contributed by atoms with van der Waals surface area (Å²) in [5.74, 6) is 1.75. The maximum Gasteiger partial charge on any atom is 0.337 e. The summed E-state index contributed by atoms with van der Waals surface area (Å²) in [6.07, 6.45) is 1.81. The molecule has 0 saturated carbocycles. The fourth-order valence-electron chi connectivity index (χ4n) is 3.54. The van der Waals surface area contributed by atoms with E-state index < -0.39 is 5.97 Å². The number of rotatable bonds is 11. The van der Waals surface area contributed by atoms with Crippen molar-refractivity contribution in [2.24, 2.45) is 0 Å². The Kier molecular flexibility index (Phi) is 8.13. The van der Waals surface area contributed by atoms with Gasteiger partial charge in [-0.05, 0) is 73.4 Å². The molecule has 0 spiro atoms. The van der Waals surface area contributed by atoms with E-state index in [-0.39, 0.29) is 5.56 Å². The normalized spacial score (nSPS) is 10.5. The number of pyridine rings is 1.